The molecule has 1 fully saturated rings. The maximum absolute atomic E-state index is 13.1. The first-order valence-electron chi connectivity index (χ1n) is 10.2. The van der Waals surface area contributed by atoms with Crippen LogP contribution in [0.2, 0.25) is 0 Å². The number of nitrogens with one attached hydrogen (secondary N) is 1. The smallest absolute Gasteiger partial charge is 0.261 e. The van der Waals surface area contributed by atoms with Crippen molar-refractivity contribution in [3.8, 4) is 11.5 Å². The van der Waals surface area contributed by atoms with Crippen LogP contribution >= 0.6 is 0 Å². The zero-order valence-electron chi connectivity index (χ0n) is 17.2. The van der Waals surface area contributed by atoms with E-state index in [4.69, 9.17) is 9.47 Å². The summed E-state index contributed by atoms with van der Waals surface area (Å²) in [6, 6.07) is 7.73. The molecule has 5 rings (SSSR count). The Bertz CT molecular complexity index is 1220. The summed E-state index contributed by atoms with van der Waals surface area (Å²) in [5, 5.41) is 0. The summed E-state index contributed by atoms with van der Waals surface area (Å²) in [7, 11) is -3.97. The van der Waals surface area contributed by atoms with Gasteiger partial charge in [-0.3, -0.25) is 14.3 Å². The van der Waals surface area contributed by atoms with Gasteiger partial charge in [0.1, 0.15) is 0 Å². The minimum Gasteiger partial charge on any atom is -0.454 e. The molecule has 162 valence electrons. The number of nitrogens with zero attached hydrogens (tertiary/aromatic N) is 1. The first-order valence-corrected chi connectivity index (χ1v) is 11.7. The molecular formula is C22H22N2O6S. The third kappa shape index (κ3) is 3.42. The van der Waals surface area contributed by atoms with E-state index in [2.05, 4.69) is 4.72 Å². The lowest BCUT2D eigenvalue weighted by molar-refractivity contribution is -0.120. The number of carbonyl (C=O) groups excluding carboxylic acids is 2. The number of ether oxygens (including phenoxy) is 2. The van der Waals surface area contributed by atoms with Gasteiger partial charge in [-0.2, -0.15) is 0 Å². The average Bonchev–Trinajstić information content (AvgIpc) is 3.37. The first-order chi connectivity index (χ1) is 14.7. The van der Waals surface area contributed by atoms with Crippen LogP contribution in [0.15, 0.2) is 35.2 Å². The summed E-state index contributed by atoms with van der Waals surface area (Å²) in [4.78, 5) is 26.6. The van der Waals surface area contributed by atoms with Gasteiger partial charge in [0.2, 0.25) is 12.7 Å². The minimum absolute atomic E-state index is 0.00723. The lowest BCUT2D eigenvalue weighted by atomic mass is 10.1. The number of rotatable bonds is 5. The normalized spacial score (nSPS) is 19.3. The third-order valence-corrected chi connectivity index (χ3v) is 7.24. The molecule has 1 N–H and O–H groups in total. The molecule has 2 aliphatic heterocycles. The molecule has 2 heterocycles. The lowest BCUT2D eigenvalue weighted by Crippen LogP contribution is -2.36. The summed E-state index contributed by atoms with van der Waals surface area (Å²) in [6.45, 7) is 3.35. The van der Waals surface area contributed by atoms with Crippen LogP contribution in [0.25, 0.3) is 0 Å². The first kappa shape index (κ1) is 19.9. The molecule has 0 radical (unpaired) electrons. The van der Waals surface area contributed by atoms with Gasteiger partial charge in [0.25, 0.3) is 10.0 Å². The average molecular weight is 442 g/mol. The van der Waals surface area contributed by atoms with Crippen LogP contribution < -0.4 is 19.1 Å². The van der Waals surface area contributed by atoms with Crippen molar-refractivity contribution in [1.82, 2.24) is 0 Å². The highest BCUT2D eigenvalue weighted by atomic mass is 32.2. The van der Waals surface area contributed by atoms with E-state index >= 15 is 0 Å². The molecule has 9 heteroatoms. The fraction of sp³-hybridized carbons (Fsp3) is 0.364. The fourth-order valence-corrected chi connectivity index (χ4v) is 5.28. The van der Waals surface area contributed by atoms with E-state index < -0.39 is 10.0 Å². The summed E-state index contributed by atoms with van der Waals surface area (Å²) in [5.74, 6) is 0.689. The van der Waals surface area contributed by atoms with Gasteiger partial charge in [-0.1, -0.05) is 0 Å². The Morgan fingerprint density at radius 2 is 1.81 bits per heavy atom. The van der Waals surface area contributed by atoms with Gasteiger partial charge in [0.15, 0.2) is 17.3 Å². The van der Waals surface area contributed by atoms with Gasteiger partial charge in [0, 0.05) is 29.3 Å². The van der Waals surface area contributed by atoms with E-state index in [9.17, 15) is 18.0 Å². The number of ketones is 1. The Labute approximate surface area is 180 Å². The van der Waals surface area contributed by atoms with Gasteiger partial charge in [-0.25, -0.2) is 8.42 Å². The second-order valence-corrected chi connectivity index (χ2v) is 9.92. The summed E-state index contributed by atoms with van der Waals surface area (Å²) >= 11 is 0. The van der Waals surface area contributed by atoms with Crippen LogP contribution in [0.5, 0.6) is 11.5 Å². The Balaban J connectivity index is 1.47. The van der Waals surface area contributed by atoms with E-state index in [-0.39, 0.29) is 46.6 Å². The Morgan fingerprint density at radius 3 is 2.48 bits per heavy atom. The zero-order valence-corrected chi connectivity index (χ0v) is 18.0. The maximum Gasteiger partial charge on any atom is 0.261 e. The maximum atomic E-state index is 13.1. The monoisotopic (exact) mass is 442 g/mol. The molecule has 3 aliphatic rings. The molecular weight excluding hydrogens is 420 g/mol. The molecule has 1 aliphatic carbocycles. The van der Waals surface area contributed by atoms with E-state index in [1.165, 1.54) is 25.1 Å². The van der Waals surface area contributed by atoms with Gasteiger partial charge in [-0.15, -0.1) is 0 Å². The van der Waals surface area contributed by atoms with Crippen molar-refractivity contribution in [3.05, 3.63) is 41.5 Å². The van der Waals surface area contributed by atoms with Crippen LogP contribution in [0.4, 0.5) is 11.4 Å². The number of hydrogen-bond acceptors (Lipinski definition) is 6. The highest BCUT2D eigenvalue weighted by Gasteiger charge is 2.39. The highest BCUT2D eigenvalue weighted by Crippen LogP contribution is 2.41. The van der Waals surface area contributed by atoms with Crippen molar-refractivity contribution in [3.63, 3.8) is 0 Å². The quantitative estimate of drug-likeness (QED) is 0.714. The number of hydrogen-bond donors (Lipinski definition) is 1. The summed E-state index contributed by atoms with van der Waals surface area (Å²) < 4.78 is 39.4. The second-order valence-electron chi connectivity index (χ2n) is 8.24. The van der Waals surface area contributed by atoms with Crippen LogP contribution in [0.3, 0.4) is 0 Å². The van der Waals surface area contributed by atoms with Crippen molar-refractivity contribution in [2.45, 2.75) is 44.0 Å². The third-order valence-electron chi connectivity index (χ3n) is 5.88. The number of amides is 1. The predicted molar refractivity (Wildman–Crippen MR) is 113 cm³/mol. The molecule has 0 saturated heterocycles. The van der Waals surface area contributed by atoms with E-state index in [1.54, 1.807) is 17.0 Å². The Hall–Kier alpha value is -3.07. The van der Waals surface area contributed by atoms with Gasteiger partial charge < -0.3 is 14.4 Å². The van der Waals surface area contributed by atoms with Crippen LogP contribution in [0, 0.1) is 5.92 Å². The highest BCUT2D eigenvalue weighted by molar-refractivity contribution is 7.92. The predicted octanol–water partition coefficient (Wildman–Crippen LogP) is 3.11. The number of sulfonamides is 1. The van der Waals surface area contributed by atoms with Crippen molar-refractivity contribution < 1.29 is 27.5 Å². The molecule has 0 spiro atoms. The van der Waals surface area contributed by atoms with E-state index in [1.807, 2.05) is 6.92 Å². The van der Waals surface area contributed by atoms with Crippen LogP contribution in [-0.2, 0) is 21.2 Å². The second kappa shape index (κ2) is 6.98. The molecule has 2 aromatic rings. The van der Waals surface area contributed by atoms with Crippen molar-refractivity contribution >= 4 is 33.1 Å². The molecule has 1 amide bonds. The molecule has 0 aromatic heterocycles. The lowest BCUT2D eigenvalue weighted by Gasteiger charge is -2.22. The standard InChI is InChI=1S/C22H22N2O6S/c1-12-7-15-8-16(5-6-19(15)24(12)22(26)14-3-4-14)31(27,28)23-18-10-21-20(29-11-30-21)9-17(18)13(2)25/h5-6,8-10,12,14,23H,3-4,7,11H2,1-2H3/t12-/m0/s1. The molecule has 1 atom stereocenters. The van der Waals surface area contributed by atoms with E-state index in [0.717, 1.165) is 24.1 Å². The van der Waals surface area contributed by atoms with Crippen molar-refractivity contribution in [1.29, 1.82) is 0 Å². The number of carbonyl (C=O) groups is 2. The Morgan fingerprint density at radius 1 is 1.10 bits per heavy atom. The number of fused-ring (bicyclic) bond motifs is 2. The zero-order chi connectivity index (χ0) is 21.9. The van der Waals surface area contributed by atoms with Gasteiger partial charge in [-0.05, 0) is 62.9 Å². The summed E-state index contributed by atoms with van der Waals surface area (Å²) in [6.07, 6.45) is 2.43. The molecule has 0 unspecified atom stereocenters. The fourth-order valence-electron chi connectivity index (χ4n) is 4.16. The molecule has 2 aromatic carbocycles. The van der Waals surface area contributed by atoms with Crippen LogP contribution in [-0.4, -0.2) is 32.9 Å². The van der Waals surface area contributed by atoms with Gasteiger partial charge >= 0.3 is 0 Å². The molecule has 31 heavy (non-hydrogen) atoms. The molecule has 0 bridgehead atoms. The SMILES string of the molecule is CC(=O)c1cc2c(cc1NS(=O)(=O)c1ccc3c(c1)C[C@H](C)N3C(=O)C1CC1)OCO2. The number of Topliss-reactive ketones (excluding diaryl/α,β-unsaturated/α-hetero) is 1. The number of benzene rings is 2. The molecule has 8 nitrogen and oxygen atoms in total. The van der Waals surface area contributed by atoms with Gasteiger partial charge in [0.05, 0.1) is 10.6 Å². The number of anilines is 2. The summed E-state index contributed by atoms with van der Waals surface area (Å²) in [5.41, 5.74) is 1.93. The topological polar surface area (TPSA) is 102 Å². The van der Waals surface area contributed by atoms with Crippen LogP contribution in [0.1, 0.15) is 42.6 Å². The van der Waals surface area contributed by atoms with Crippen molar-refractivity contribution in [2.24, 2.45) is 5.92 Å². The van der Waals surface area contributed by atoms with E-state index in [0.29, 0.717) is 17.9 Å². The minimum atomic E-state index is -3.97. The molecule has 1 saturated carbocycles. The van der Waals surface area contributed by atoms with Crippen molar-refractivity contribution in [2.75, 3.05) is 16.4 Å². The Kier molecular flexibility index (Phi) is 4.47. The largest absolute Gasteiger partial charge is 0.454 e.